The molecule has 0 bridgehead atoms. The van der Waals surface area contributed by atoms with Crippen LogP contribution in [0.3, 0.4) is 0 Å². The second-order valence-electron chi connectivity index (χ2n) is 5.98. The quantitative estimate of drug-likeness (QED) is 0.351. The van der Waals surface area contributed by atoms with Crippen molar-refractivity contribution in [2.45, 2.75) is 43.5 Å². The fraction of sp³-hybridized carbons (Fsp3) is 0.556. The first-order chi connectivity index (χ1) is 12.6. The highest BCUT2D eigenvalue weighted by molar-refractivity contribution is 8.77. The van der Waals surface area contributed by atoms with Crippen LogP contribution in [0.15, 0.2) is 24.3 Å². The molecule has 0 spiro atoms. The van der Waals surface area contributed by atoms with E-state index in [1.165, 1.54) is 24.3 Å². The van der Waals surface area contributed by atoms with Crippen molar-refractivity contribution in [3.8, 4) is 5.75 Å². The molecule has 8 heteroatoms. The Morgan fingerprint density at radius 3 is 2.77 bits per heavy atom. The SMILES string of the molecule is O=C(CCCC[C@@H]1CCSS1)OC(CO)COC(=O)c1ccccc1O. The van der Waals surface area contributed by atoms with Gasteiger partial charge in [0, 0.05) is 17.4 Å². The Morgan fingerprint density at radius 2 is 2.08 bits per heavy atom. The lowest BCUT2D eigenvalue weighted by molar-refractivity contribution is -0.153. The highest BCUT2D eigenvalue weighted by Crippen LogP contribution is 2.39. The third-order valence-corrected chi connectivity index (χ3v) is 6.92. The third-order valence-electron chi connectivity index (χ3n) is 3.91. The van der Waals surface area contributed by atoms with Crippen molar-refractivity contribution in [2.75, 3.05) is 19.0 Å². The van der Waals surface area contributed by atoms with Gasteiger partial charge in [-0.15, -0.1) is 0 Å². The van der Waals surface area contributed by atoms with E-state index in [9.17, 15) is 19.8 Å². The van der Waals surface area contributed by atoms with Gasteiger partial charge in [0.25, 0.3) is 0 Å². The fourth-order valence-corrected chi connectivity index (χ4v) is 5.49. The average Bonchev–Trinajstić information content (AvgIpc) is 3.16. The molecule has 1 unspecified atom stereocenters. The van der Waals surface area contributed by atoms with Crippen molar-refractivity contribution in [3.05, 3.63) is 29.8 Å². The number of aromatic hydroxyl groups is 1. The smallest absolute Gasteiger partial charge is 0.342 e. The monoisotopic (exact) mass is 400 g/mol. The lowest BCUT2D eigenvalue weighted by atomic mass is 10.1. The van der Waals surface area contributed by atoms with Crippen molar-refractivity contribution in [1.82, 2.24) is 0 Å². The molecule has 26 heavy (non-hydrogen) atoms. The average molecular weight is 401 g/mol. The van der Waals surface area contributed by atoms with Crippen molar-refractivity contribution in [2.24, 2.45) is 0 Å². The summed E-state index contributed by atoms with van der Waals surface area (Å²) < 4.78 is 10.2. The van der Waals surface area contributed by atoms with Crippen LogP contribution < -0.4 is 0 Å². The molecule has 2 atom stereocenters. The Labute approximate surface area is 161 Å². The van der Waals surface area contributed by atoms with Crippen LogP contribution in [-0.2, 0) is 14.3 Å². The lowest BCUT2D eigenvalue weighted by Gasteiger charge is -2.16. The van der Waals surface area contributed by atoms with E-state index < -0.39 is 24.6 Å². The number of phenols is 1. The second kappa shape index (κ2) is 11.4. The van der Waals surface area contributed by atoms with Crippen molar-refractivity contribution < 1.29 is 29.3 Å². The summed E-state index contributed by atoms with van der Waals surface area (Å²) in [5.74, 6) is -0.121. The van der Waals surface area contributed by atoms with E-state index in [2.05, 4.69) is 0 Å². The zero-order valence-corrected chi connectivity index (χ0v) is 16.1. The van der Waals surface area contributed by atoms with Crippen molar-refractivity contribution in [3.63, 3.8) is 0 Å². The van der Waals surface area contributed by atoms with Crippen LogP contribution >= 0.6 is 21.6 Å². The summed E-state index contributed by atoms with van der Waals surface area (Å²) in [5.41, 5.74) is 0.0264. The maximum absolute atomic E-state index is 11.9. The first kappa shape index (κ1) is 20.9. The van der Waals surface area contributed by atoms with Crippen LogP contribution in [0.2, 0.25) is 0 Å². The number of phenolic OH excluding ortho intramolecular Hbond substituents is 1. The molecule has 1 heterocycles. The predicted octanol–water partition coefficient (Wildman–Crippen LogP) is 3.17. The first-order valence-electron chi connectivity index (χ1n) is 8.64. The molecule has 144 valence electrons. The van der Waals surface area contributed by atoms with Crippen molar-refractivity contribution in [1.29, 1.82) is 0 Å². The van der Waals surface area contributed by atoms with Gasteiger partial charge in [-0.3, -0.25) is 4.79 Å². The van der Waals surface area contributed by atoms with Crippen LogP contribution in [0.4, 0.5) is 0 Å². The van der Waals surface area contributed by atoms with Gasteiger partial charge < -0.3 is 19.7 Å². The first-order valence-corrected chi connectivity index (χ1v) is 11.0. The third kappa shape index (κ3) is 7.09. The number of aliphatic hydroxyl groups is 1. The number of aliphatic hydroxyl groups excluding tert-OH is 1. The maximum Gasteiger partial charge on any atom is 0.342 e. The predicted molar refractivity (Wildman–Crippen MR) is 102 cm³/mol. The summed E-state index contributed by atoms with van der Waals surface area (Å²) in [7, 11) is 3.83. The number of carbonyl (C=O) groups is 2. The van der Waals surface area contributed by atoms with Gasteiger partial charge in [-0.05, 0) is 31.4 Å². The van der Waals surface area contributed by atoms with Crippen LogP contribution in [0.25, 0.3) is 0 Å². The molecule has 1 aromatic rings. The number of rotatable bonds is 10. The number of esters is 2. The van der Waals surface area contributed by atoms with E-state index in [-0.39, 0.29) is 24.3 Å². The van der Waals surface area contributed by atoms with Gasteiger partial charge in [0.15, 0.2) is 6.10 Å². The van der Waals surface area contributed by atoms with Crippen LogP contribution in [-0.4, -0.2) is 52.5 Å². The molecule has 1 aliphatic heterocycles. The Balaban J connectivity index is 1.65. The van der Waals surface area contributed by atoms with E-state index >= 15 is 0 Å². The highest BCUT2D eigenvalue weighted by atomic mass is 33.1. The number of benzene rings is 1. The maximum atomic E-state index is 11.9. The minimum Gasteiger partial charge on any atom is -0.507 e. The molecule has 1 aromatic carbocycles. The molecule has 0 radical (unpaired) electrons. The van der Waals surface area contributed by atoms with Crippen LogP contribution in [0, 0.1) is 0 Å². The van der Waals surface area contributed by atoms with Gasteiger partial charge >= 0.3 is 11.9 Å². The van der Waals surface area contributed by atoms with E-state index in [1.807, 2.05) is 21.6 Å². The molecule has 2 N–H and O–H groups in total. The molecule has 0 amide bonds. The lowest BCUT2D eigenvalue weighted by Crippen LogP contribution is -2.28. The van der Waals surface area contributed by atoms with Gasteiger partial charge in [0.1, 0.15) is 17.9 Å². The fourth-order valence-electron chi connectivity index (χ4n) is 2.47. The summed E-state index contributed by atoms with van der Waals surface area (Å²) in [6.45, 7) is -0.693. The number of unbranched alkanes of at least 4 members (excludes halogenated alkanes) is 1. The van der Waals surface area contributed by atoms with Gasteiger partial charge in [0.2, 0.25) is 0 Å². The molecule has 0 aliphatic carbocycles. The molecule has 0 saturated carbocycles. The summed E-state index contributed by atoms with van der Waals surface area (Å²) in [6.07, 6.45) is 3.44. The highest BCUT2D eigenvalue weighted by Gasteiger charge is 2.19. The van der Waals surface area contributed by atoms with Gasteiger partial charge in [-0.2, -0.15) is 0 Å². The van der Waals surface area contributed by atoms with E-state index in [0.29, 0.717) is 5.25 Å². The topological polar surface area (TPSA) is 93.1 Å². The Kier molecular flexibility index (Phi) is 9.14. The number of hydrogen-bond donors (Lipinski definition) is 2. The van der Waals surface area contributed by atoms with E-state index in [1.54, 1.807) is 12.1 Å². The molecule has 6 nitrogen and oxygen atoms in total. The zero-order valence-electron chi connectivity index (χ0n) is 14.5. The summed E-state index contributed by atoms with van der Waals surface area (Å²) in [4.78, 5) is 23.8. The van der Waals surface area contributed by atoms with Crippen molar-refractivity contribution >= 4 is 33.5 Å². The molecule has 1 saturated heterocycles. The summed E-state index contributed by atoms with van der Waals surface area (Å²) >= 11 is 0. The number of para-hydroxylation sites is 1. The van der Waals surface area contributed by atoms with Gasteiger partial charge in [0.05, 0.1) is 6.61 Å². The number of ether oxygens (including phenoxy) is 2. The molecule has 1 aliphatic rings. The minimum atomic E-state index is -0.904. The molecular weight excluding hydrogens is 376 g/mol. The molecular formula is C18H24O6S2. The second-order valence-corrected chi connectivity index (χ2v) is 8.77. The Morgan fingerprint density at radius 1 is 1.27 bits per heavy atom. The van der Waals surface area contributed by atoms with E-state index in [0.717, 1.165) is 19.3 Å². The Hall–Kier alpha value is -1.38. The normalized spacial score (nSPS) is 17.7. The molecule has 2 rings (SSSR count). The van der Waals surface area contributed by atoms with Gasteiger partial charge in [-0.25, -0.2) is 4.79 Å². The zero-order chi connectivity index (χ0) is 18.8. The Bertz CT molecular complexity index is 589. The molecule has 0 aromatic heterocycles. The summed E-state index contributed by atoms with van der Waals surface area (Å²) in [6, 6.07) is 6.00. The number of hydrogen-bond acceptors (Lipinski definition) is 8. The van der Waals surface area contributed by atoms with Crippen LogP contribution in [0.1, 0.15) is 42.5 Å². The number of carbonyl (C=O) groups excluding carboxylic acids is 2. The van der Waals surface area contributed by atoms with Gasteiger partial charge in [-0.1, -0.05) is 40.1 Å². The van der Waals surface area contributed by atoms with Crippen LogP contribution in [0.5, 0.6) is 5.75 Å². The summed E-state index contributed by atoms with van der Waals surface area (Å²) in [5, 5.41) is 19.6. The van der Waals surface area contributed by atoms with E-state index in [4.69, 9.17) is 9.47 Å². The molecule has 1 fully saturated rings. The minimum absolute atomic E-state index is 0.0264. The largest absolute Gasteiger partial charge is 0.507 e. The standard InChI is InChI=1S/C18H24O6S2/c19-11-13(12-23-18(22)15-6-2-3-7-16(15)20)24-17(21)8-4-1-5-14-9-10-25-26-14/h2-3,6-7,13-14,19-20H,1,4-5,8-12H2/t13?,14-/m1/s1.